The molecule has 100 valence electrons. The van der Waals surface area contributed by atoms with Crippen LogP contribution in [0.4, 0.5) is 0 Å². The number of carbonyl (C=O) groups excluding carboxylic acids is 1. The van der Waals surface area contributed by atoms with Crippen LogP contribution in [0.2, 0.25) is 0 Å². The normalized spacial score (nSPS) is 12.1. The highest BCUT2D eigenvalue weighted by Gasteiger charge is 2.04. The molecule has 0 aliphatic carbocycles. The van der Waals surface area contributed by atoms with Crippen molar-refractivity contribution in [2.24, 2.45) is 5.73 Å². The van der Waals surface area contributed by atoms with Crippen LogP contribution in [0.5, 0.6) is 0 Å². The Labute approximate surface area is 117 Å². The van der Waals surface area contributed by atoms with Crippen molar-refractivity contribution in [3.8, 4) is 0 Å². The molecule has 0 heterocycles. The molecule has 1 atom stereocenters. The second-order valence-electron chi connectivity index (χ2n) is 3.87. The molecule has 5 heteroatoms. The maximum Gasteiger partial charge on any atom is 0.230 e. The summed E-state index contributed by atoms with van der Waals surface area (Å²) in [7, 11) is 0. The van der Waals surface area contributed by atoms with Crippen molar-refractivity contribution >= 4 is 29.4 Å². The number of carbonyl (C=O) groups is 1. The van der Waals surface area contributed by atoms with Gasteiger partial charge >= 0.3 is 0 Å². The molecule has 3 nitrogen and oxygen atoms in total. The van der Waals surface area contributed by atoms with Gasteiger partial charge < -0.3 is 11.1 Å². The van der Waals surface area contributed by atoms with Gasteiger partial charge in [0.15, 0.2) is 0 Å². The van der Waals surface area contributed by atoms with E-state index in [0.717, 1.165) is 5.75 Å². The summed E-state index contributed by atoms with van der Waals surface area (Å²) in [4.78, 5) is 12.7. The monoisotopic (exact) mass is 284 g/mol. The first-order chi connectivity index (χ1) is 8.72. The van der Waals surface area contributed by atoms with Gasteiger partial charge in [0, 0.05) is 29.0 Å². The molecule has 1 amide bonds. The van der Waals surface area contributed by atoms with Gasteiger partial charge in [0.2, 0.25) is 5.91 Å². The van der Waals surface area contributed by atoms with Crippen molar-refractivity contribution in [1.82, 2.24) is 5.32 Å². The first-order valence-corrected chi connectivity index (χ1v) is 8.02. The third-order valence-corrected chi connectivity index (χ3v) is 4.47. The maximum atomic E-state index is 11.5. The summed E-state index contributed by atoms with van der Waals surface area (Å²) in [6, 6.07) is 10.2. The van der Waals surface area contributed by atoms with Crippen LogP contribution in [-0.2, 0) is 4.79 Å². The zero-order chi connectivity index (χ0) is 13.2. The van der Waals surface area contributed by atoms with E-state index in [2.05, 4.69) is 17.4 Å². The van der Waals surface area contributed by atoms with Crippen LogP contribution in [0.3, 0.4) is 0 Å². The predicted molar refractivity (Wildman–Crippen MR) is 81.2 cm³/mol. The molecule has 0 radical (unpaired) electrons. The Bertz CT molecular complexity index is 346. The number of nitrogens with two attached hydrogens (primary N) is 1. The highest BCUT2D eigenvalue weighted by atomic mass is 32.2. The Morgan fingerprint density at radius 3 is 2.78 bits per heavy atom. The number of hydrogen-bond donors (Lipinski definition) is 2. The summed E-state index contributed by atoms with van der Waals surface area (Å²) in [5, 5.41) is 3.25. The summed E-state index contributed by atoms with van der Waals surface area (Å²) < 4.78 is 0. The number of thioether (sulfide) groups is 2. The van der Waals surface area contributed by atoms with Crippen LogP contribution in [-0.4, -0.2) is 35.8 Å². The van der Waals surface area contributed by atoms with Gasteiger partial charge in [-0.2, -0.15) is 0 Å². The quantitative estimate of drug-likeness (QED) is 0.566. The van der Waals surface area contributed by atoms with E-state index in [9.17, 15) is 4.79 Å². The van der Waals surface area contributed by atoms with Gasteiger partial charge in [0.05, 0.1) is 5.75 Å². The lowest BCUT2D eigenvalue weighted by Gasteiger charge is -2.08. The Kier molecular flexibility index (Phi) is 7.96. The Morgan fingerprint density at radius 1 is 1.39 bits per heavy atom. The van der Waals surface area contributed by atoms with Crippen molar-refractivity contribution in [3.05, 3.63) is 30.3 Å². The smallest absolute Gasteiger partial charge is 0.230 e. The molecule has 18 heavy (non-hydrogen) atoms. The standard InChI is InChI=1S/C13H20N2OS2/c1-11(9-14)18-10-13(16)15-7-8-17-12-5-3-2-4-6-12/h2-6,11H,7-10,14H2,1H3,(H,15,16). The lowest BCUT2D eigenvalue weighted by molar-refractivity contribution is -0.118. The molecular weight excluding hydrogens is 264 g/mol. The van der Waals surface area contributed by atoms with Crippen molar-refractivity contribution in [2.75, 3.05) is 24.6 Å². The number of benzene rings is 1. The van der Waals surface area contributed by atoms with E-state index in [4.69, 9.17) is 5.73 Å². The Balaban J connectivity index is 2.05. The summed E-state index contributed by atoms with van der Waals surface area (Å²) in [5.74, 6) is 1.48. The lowest BCUT2D eigenvalue weighted by Crippen LogP contribution is -2.28. The summed E-state index contributed by atoms with van der Waals surface area (Å²) in [5.41, 5.74) is 5.49. The van der Waals surface area contributed by atoms with Gasteiger partial charge in [0.1, 0.15) is 0 Å². The van der Waals surface area contributed by atoms with Crippen molar-refractivity contribution in [3.63, 3.8) is 0 Å². The largest absolute Gasteiger partial charge is 0.355 e. The number of rotatable bonds is 8. The van der Waals surface area contributed by atoms with Crippen molar-refractivity contribution in [2.45, 2.75) is 17.1 Å². The third kappa shape index (κ3) is 6.93. The molecule has 1 aromatic carbocycles. The van der Waals surface area contributed by atoms with Crippen LogP contribution in [0.1, 0.15) is 6.92 Å². The summed E-state index contributed by atoms with van der Waals surface area (Å²) in [6.45, 7) is 3.35. The average molecular weight is 284 g/mol. The molecule has 0 saturated heterocycles. The number of hydrogen-bond acceptors (Lipinski definition) is 4. The molecule has 1 aromatic rings. The highest BCUT2D eigenvalue weighted by Crippen LogP contribution is 2.15. The van der Waals surface area contributed by atoms with Crippen LogP contribution < -0.4 is 11.1 Å². The van der Waals surface area contributed by atoms with Crippen molar-refractivity contribution < 1.29 is 4.79 Å². The molecule has 0 bridgehead atoms. The van der Waals surface area contributed by atoms with E-state index in [1.165, 1.54) is 4.90 Å². The van der Waals surface area contributed by atoms with Crippen LogP contribution in [0.25, 0.3) is 0 Å². The Hall–Kier alpha value is -0.650. The van der Waals surface area contributed by atoms with Crippen LogP contribution >= 0.6 is 23.5 Å². The molecule has 0 spiro atoms. The zero-order valence-corrected chi connectivity index (χ0v) is 12.2. The number of nitrogens with one attached hydrogen (secondary N) is 1. The van der Waals surface area contributed by atoms with E-state index in [1.54, 1.807) is 23.5 Å². The summed E-state index contributed by atoms with van der Waals surface area (Å²) >= 11 is 3.34. The van der Waals surface area contributed by atoms with Gasteiger partial charge in [-0.25, -0.2) is 0 Å². The summed E-state index contributed by atoms with van der Waals surface area (Å²) in [6.07, 6.45) is 0. The van der Waals surface area contributed by atoms with Gasteiger partial charge in [-0.1, -0.05) is 25.1 Å². The second-order valence-corrected chi connectivity index (χ2v) is 6.46. The topological polar surface area (TPSA) is 55.1 Å². The van der Waals surface area contributed by atoms with E-state index >= 15 is 0 Å². The SMILES string of the molecule is CC(CN)SCC(=O)NCCSc1ccccc1. The first kappa shape index (κ1) is 15.4. The molecule has 1 unspecified atom stereocenters. The maximum absolute atomic E-state index is 11.5. The minimum atomic E-state index is 0.0916. The lowest BCUT2D eigenvalue weighted by atomic mass is 10.4. The highest BCUT2D eigenvalue weighted by molar-refractivity contribution is 8.00. The van der Waals surface area contributed by atoms with Crippen LogP contribution in [0.15, 0.2) is 35.2 Å². The van der Waals surface area contributed by atoms with Gasteiger partial charge in [0.25, 0.3) is 0 Å². The third-order valence-electron chi connectivity index (χ3n) is 2.27. The fourth-order valence-corrected chi connectivity index (χ4v) is 2.68. The molecule has 3 N–H and O–H groups in total. The first-order valence-electron chi connectivity index (χ1n) is 5.98. The molecular formula is C13H20N2OS2. The van der Waals surface area contributed by atoms with Crippen LogP contribution in [0, 0.1) is 0 Å². The fraction of sp³-hybridized carbons (Fsp3) is 0.462. The van der Waals surface area contributed by atoms with Gasteiger partial charge in [-0.3, -0.25) is 4.79 Å². The molecule has 0 fully saturated rings. The minimum Gasteiger partial charge on any atom is -0.355 e. The molecule has 0 aliphatic heterocycles. The van der Waals surface area contributed by atoms with E-state index in [-0.39, 0.29) is 5.91 Å². The van der Waals surface area contributed by atoms with Gasteiger partial charge in [-0.05, 0) is 12.1 Å². The minimum absolute atomic E-state index is 0.0916. The Morgan fingerprint density at radius 2 is 2.11 bits per heavy atom. The molecule has 0 saturated carbocycles. The number of amides is 1. The van der Waals surface area contributed by atoms with E-state index in [0.29, 0.717) is 24.1 Å². The molecule has 0 aromatic heterocycles. The second kappa shape index (κ2) is 9.30. The van der Waals surface area contributed by atoms with Crippen molar-refractivity contribution in [1.29, 1.82) is 0 Å². The van der Waals surface area contributed by atoms with E-state index < -0.39 is 0 Å². The fourth-order valence-electron chi connectivity index (χ4n) is 1.21. The van der Waals surface area contributed by atoms with Gasteiger partial charge in [-0.15, -0.1) is 23.5 Å². The predicted octanol–water partition coefficient (Wildman–Crippen LogP) is 1.98. The van der Waals surface area contributed by atoms with E-state index in [1.807, 2.05) is 25.1 Å². The molecule has 1 rings (SSSR count). The molecule has 0 aliphatic rings. The zero-order valence-electron chi connectivity index (χ0n) is 10.6. The average Bonchev–Trinajstić information content (AvgIpc) is 2.42.